The smallest absolute Gasteiger partial charge is 0.174 e. The van der Waals surface area contributed by atoms with E-state index >= 15 is 0 Å². The third kappa shape index (κ3) is 3.45. The number of phenolic OH excluding ortho intramolecular Hbond substituents is 1. The summed E-state index contributed by atoms with van der Waals surface area (Å²) < 4.78 is 2.27. The zero-order valence-electron chi connectivity index (χ0n) is 17.0. The Hall–Kier alpha value is -3.64. The lowest BCUT2D eigenvalue weighted by Crippen LogP contribution is -2.30. The molecule has 0 aliphatic carbocycles. The molecule has 31 heavy (non-hydrogen) atoms. The molecule has 2 atom stereocenters. The average Bonchev–Trinajstić information content (AvgIpc) is 3.35. The molecule has 2 aromatic heterocycles. The second-order valence-corrected chi connectivity index (χ2v) is 7.97. The molecule has 4 aromatic rings. The topological polar surface area (TPSA) is 53.3 Å². The fourth-order valence-corrected chi connectivity index (χ4v) is 4.61. The summed E-state index contributed by atoms with van der Waals surface area (Å²) in [6, 6.07) is 27.5. The summed E-state index contributed by atoms with van der Waals surface area (Å²) in [5, 5.41) is 13.9. The van der Waals surface area contributed by atoms with E-state index in [1.54, 1.807) is 12.1 Å². The van der Waals surface area contributed by atoms with Gasteiger partial charge in [0.25, 0.3) is 0 Å². The van der Waals surface area contributed by atoms with Gasteiger partial charge in [-0.2, -0.15) is 0 Å². The van der Waals surface area contributed by atoms with Crippen LogP contribution in [0.5, 0.6) is 5.75 Å². The van der Waals surface area contributed by atoms with Crippen LogP contribution in [0.25, 0.3) is 5.69 Å². The molecule has 6 heteroatoms. The average molecular weight is 427 g/mol. The Bertz CT molecular complexity index is 1210. The molecule has 0 radical (unpaired) electrons. The number of rotatable bonds is 4. The maximum absolute atomic E-state index is 9.79. The van der Waals surface area contributed by atoms with Gasteiger partial charge < -0.3 is 19.9 Å². The highest BCUT2D eigenvalue weighted by atomic mass is 32.1. The molecule has 0 saturated carbocycles. The largest absolute Gasteiger partial charge is 0.508 e. The van der Waals surface area contributed by atoms with Crippen LogP contribution in [0.4, 0.5) is 5.69 Å². The van der Waals surface area contributed by atoms with E-state index in [9.17, 15) is 5.11 Å². The number of aryl methyl sites for hydroxylation is 1. The summed E-state index contributed by atoms with van der Waals surface area (Å²) in [6.07, 6.45) is 1.81. The molecule has 1 aliphatic rings. The van der Waals surface area contributed by atoms with Gasteiger partial charge in [-0.3, -0.25) is 4.98 Å². The van der Waals surface area contributed by atoms with Gasteiger partial charge in [0.2, 0.25) is 0 Å². The van der Waals surface area contributed by atoms with Gasteiger partial charge in [0.1, 0.15) is 11.8 Å². The maximum atomic E-state index is 9.79. The number of anilines is 1. The molecule has 1 fully saturated rings. The first-order chi connectivity index (χ1) is 15.1. The summed E-state index contributed by atoms with van der Waals surface area (Å²) in [5.41, 5.74) is 5.19. The molecule has 1 saturated heterocycles. The van der Waals surface area contributed by atoms with Gasteiger partial charge in [0.05, 0.1) is 11.7 Å². The number of hydrogen-bond donors (Lipinski definition) is 2. The van der Waals surface area contributed by atoms with Crippen molar-refractivity contribution in [3.8, 4) is 11.4 Å². The molecule has 0 amide bonds. The van der Waals surface area contributed by atoms with Crippen molar-refractivity contribution in [2.75, 3.05) is 4.90 Å². The molecule has 2 aromatic carbocycles. The molecule has 154 valence electrons. The van der Waals surface area contributed by atoms with Crippen LogP contribution in [0.3, 0.4) is 0 Å². The number of para-hydroxylation sites is 1. The van der Waals surface area contributed by atoms with Crippen molar-refractivity contribution in [3.05, 3.63) is 108 Å². The van der Waals surface area contributed by atoms with Crippen molar-refractivity contribution in [1.82, 2.24) is 14.9 Å². The Morgan fingerprint density at radius 2 is 1.61 bits per heavy atom. The Kier molecular flexibility index (Phi) is 4.92. The normalized spacial score (nSPS) is 18.2. The van der Waals surface area contributed by atoms with Gasteiger partial charge in [-0.05, 0) is 79.8 Å². The third-order valence-corrected chi connectivity index (χ3v) is 5.96. The fraction of sp³-hybridized carbons (Fsp3) is 0.120. The number of hydrogen-bond acceptors (Lipinski definition) is 3. The molecule has 5 rings (SSSR count). The Labute approximate surface area is 186 Å². The van der Waals surface area contributed by atoms with Crippen LogP contribution >= 0.6 is 12.2 Å². The lowest BCUT2D eigenvalue weighted by molar-refractivity contribution is 0.475. The highest BCUT2D eigenvalue weighted by molar-refractivity contribution is 7.80. The second-order valence-electron chi connectivity index (χ2n) is 7.58. The zero-order valence-corrected chi connectivity index (χ0v) is 17.8. The maximum Gasteiger partial charge on any atom is 0.174 e. The van der Waals surface area contributed by atoms with Crippen LogP contribution < -0.4 is 10.2 Å². The summed E-state index contributed by atoms with van der Waals surface area (Å²) in [6.45, 7) is 2.11. The van der Waals surface area contributed by atoms with E-state index in [0.717, 1.165) is 28.5 Å². The molecular weight excluding hydrogens is 404 g/mol. The number of benzene rings is 2. The van der Waals surface area contributed by atoms with Gasteiger partial charge in [0, 0.05) is 29.0 Å². The predicted octanol–water partition coefficient (Wildman–Crippen LogP) is 5.06. The minimum absolute atomic E-state index is 0.124. The van der Waals surface area contributed by atoms with Crippen LogP contribution in [0.1, 0.15) is 29.2 Å². The van der Waals surface area contributed by atoms with Gasteiger partial charge in [-0.25, -0.2) is 0 Å². The van der Waals surface area contributed by atoms with Crippen molar-refractivity contribution in [1.29, 1.82) is 0 Å². The van der Waals surface area contributed by atoms with E-state index in [2.05, 4.69) is 51.0 Å². The van der Waals surface area contributed by atoms with Gasteiger partial charge in [-0.1, -0.05) is 24.3 Å². The van der Waals surface area contributed by atoms with E-state index in [1.165, 1.54) is 0 Å². The molecule has 1 aliphatic heterocycles. The summed E-state index contributed by atoms with van der Waals surface area (Å²) in [5.74, 6) is 0.225. The number of aromatic nitrogens is 2. The van der Waals surface area contributed by atoms with Gasteiger partial charge in [-0.15, -0.1) is 0 Å². The Morgan fingerprint density at radius 3 is 2.32 bits per heavy atom. The molecule has 5 nitrogen and oxygen atoms in total. The third-order valence-electron chi connectivity index (χ3n) is 5.65. The van der Waals surface area contributed by atoms with Crippen LogP contribution in [0.2, 0.25) is 0 Å². The van der Waals surface area contributed by atoms with Crippen molar-refractivity contribution in [2.45, 2.75) is 19.0 Å². The van der Waals surface area contributed by atoms with Crippen molar-refractivity contribution < 1.29 is 5.11 Å². The quantitative estimate of drug-likeness (QED) is 0.447. The SMILES string of the molecule is Cc1ccc([C@H]2[C@H](c3ccccn3)NC(=S)N2c2ccc(O)cc2)n1-c1ccccc1. The molecule has 0 unspecified atom stereocenters. The Morgan fingerprint density at radius 1 is 0.871 bits per heavy atom. The molecule has 0 bridgehead atoms. The zero-order chi connectivity index (χ0) is 21.4. The minimum Gasteiger partial charge on any atom is -0.508 e. The van der Waals surface area contributed by atoms with E-state index in [4.69, 9.17) is 12.2 Å². The first-order valence-electron chi connectivity index (χ1n) is 10.2. The van der Waals surface area contributed by atoms with E-state index in [-0.39, 0.29) is 17.8 Å². The van der Waals surface area contributed by atoms with E-state index in [0.29, 0.717) is 5.11 Å². The van der Waals surface area contributed by atoms with E-state index in [1.807, 2.05) is 54.7 Å². The standard InChI is InChI=1S/C25H22N4OS/c1-17-10-15-22(28(17)18-7-3-2-4-8-18)24-23(21-9-5-6-16-26-21)27-25(31)29(24)19-11-13-20(30)14-12-19/h2-16,23-24,30H,1H3,(H,27,31)/t23-,24-/m0/s1. The summed E-state index contributed by atoms with van der Waals surface area (Å²) in [4.78, 5) is 6.74. The molecule has 0 spiro atoms. The van der Waals surface area contributed by atoms with Crippen molar-refractivity contribution in [3.63, 3.8) is 0 Å². The first-order valence-corrected chi connectivity index (χ1v) is 10.6. The number of aromatic hydroxyl groups is 1. The number of phenols is 1. The van der Waals surface area contributed by atoms with Crippen molar-refractivity contribution in [2.24, 2.45) is 0 Å². The van der Waals surface area contributed by atoms with Crippen molar-refractivity contribution >= 4 is 23.0 Å². The van der Waals surface area contributed by atoms with Crippen LogP contribution in [-0.2, 0) is 0 Å². The highest BCUT2D eigenvalue weighted by Gasteiger charge is 2.42. The molecule has 3 heterocycles. The minimum atomic E-state index is -0.126. The number of pyridine rings is 1. The van der Waals surface area contributed by atoms with Crippen LogP contribution in [0, 0.1) is 6.92 Å². The van der Waals surface area contributed by atoms with Crippen LogP contribution in [-0.4, -0.2) is 19.8 Å². The first kappa shape index (κ1) is 19.3. The fourth-order valence-electron chi connectivity index (χ4n) is 4.27. The van der Waals surface area contributed by atoms with Gasteiger partial charge >= 0.3 is 0 Å². The lowest BCUT2D eigenvalue weighted by atomic mass is 10.0. The summed E-state index contributed by atoms with van der Waals surface area (Å²) >= 11 is 5.79. The number of nitrogens with zero attached hydrogens (tertiary/aromatic N) is 3. The second kappa shape index (κ2) is 7.89. The highest BCUT2D eigenvalue weighted by Crippen LogP contribution is 2.42. The molecule has 2 N–H and O–H groups in total. The van der Waals surface area contributed by atoms with Crippen LogP contribution in [0.15, 0.2) is 91.1 Å². The lowest BCUT2D eigenvalue weighted by Gasteiger charge is -2.29. The molecular formula is C25H22N4OS. The van der Waals surface area contributed by atoms with E-state index < -0.39 is 0 Å². The summed E-state index contributed by atoms with van der Waals surface area (Å²) in [7, 11) is 0. The Balaban J connectivity index is 1.70. The van der Waals surface area contributed by atoms with Gasteiger partial charge in [0.15, 0.2) is 5.11 Å². The number of thiocarbonyl (C=S) groups is 1. The predicted molar refractivity (Wildman–Crippen MR) is 127 cm³/mol. The monoisotopic (exact) mass is 426 g/mol. The number of nitrogens with one attached hydrogen (secondary N) is 1.